The molecule has 0 radical (unpaired) electrons. The first-order valence-electron chi connectivity index (χ1n) is 2.79. The monoisotopic (exact) mass is 118 g/mol. The molecule has 0 rings (SSSR count). The molecule has 0 saturated heterocycles. The van der Waals surface area contributed by atoms with Crippen LogP contribution in [0.15, 0.2) is 0 Å². The molecule has 0 aliphatic rings. The van der Waals surface area contributed by atoms with Crippen molar-refractivity contribution < 1.29 is 5.11 Å². The summed E-state index contributed by atoms with van der Waals surface area (Å²) in [6.45, 7) is 4.11. The van der Waals surface area contributed by atoms with Gasteiger partial charge in [-0.15, -0.1) is 0 Å². The third-order valence-corrected chi connectivity index (χ3v) is 1.22. The van der Waals surface area contributed by atoms with Crippen molar-refractivity contribution in [3.8, 4) is 0 Å². The zero-order chi connectivity index (χ0) is 6.57. The SMILES string of the molecule is CC(C)[C@H](CO)NN. The fraction of sp³-hybridized carbons (Fsp3) is 1.00. The molecule has 0 aliphatic carbocycles. The Bertz CT molecular complexity index is 52.4. The van der Waals surface area contributed by atoms with E-state index in [1.807, 2.05) is 13.8 Å². The van der Waals surface area contributed by atoms with Gasteiger partial charge in [-0.2, -0.15) is 0 Å². The second-order valence-electron chi connectivity index (χ2n) is 2.20. The first-order chi connectivity index (χ1) is 3.72. The Morgan fingerprint density at radius 1 is 1.62 bits per heavy atom. The number of aliphatic hydroxyl groups is 1. The van der Waals surface area contributed by atoms with Crippen LogP contribution in [0.4, 0.5) is 0 Å². The van der Waals surface area contributed by atoms with Gasteiger partial charge in [-0.1, -0.05) is 13.8 Å². The normalized spacial score (nSPS) is 14.6. The molecule has 0 aromatic heterocycles. The largest absolute Gasteiger partial charge is 0.395 e. The first-order valence-corrected chi connectivity index (χ1v) is 2.79. The molecule has 8 heavy (non-hydrogen) atoms. The van der Waals surface area contributed by atoms with E-state index in [1.54, 1.807) is 0 Å². The van der Waals surface area contributed by atoms with E-state index < -0.39 is 0 Å². The van der Waals surface area contributed by atoms with Gasteiger partial charge in [0.25, 0.3) is 0 Å². The standard InChI is InChI=1S/C5H14N2O/c1-4(2)5(3-8)7-6/h4-5,7-8H,3,6H2,1-2H3/t5-/m0/s1. The molecule has 4 N–H and O–H groups in total. The highest BCUT2D eigenvalue weighted by molar-refractivity contribution is 4.64. The topological polar surface area (TPSA) is 58.3 Å². The van der Waals surface area contributed by atoms with Gasteiger partial charge in [-0.3, -0.25) is 11.3 Å². The minimum Gasteiger partial charge on any atom is -0.395 e. The quantitative estimate of drug-likeness (QED) is 0.345. The van der Waals surface area contributed by atoms with Crippen LogP contribution < -0.4 is 11.3 Å². The molecule has 0 bridgehead atoms. The molecule has 0 amide bonds. The lowest BCUT2D eigenvalue weighted by Gasteiger charge is -2.15. The second-order valence-corrected chi connectivity index (χ2v) is 2.20. The van der Waals surface area contributed by atoms with Crippen LogP contribution in [0.3, 0.4) is 0 Å². The Hall–Kier alpha value is -0.120. The molecule has 0 unspecified atom stereocenters. The first kappa shape index (κ1) is 7.88. The van der Waals surface area contributed by atoms with Crippen LogP contribution in [0.1, 0.15) is 13.8 Å². The maximum Gasteiger partial charge on any atom is 0.0600 e. The third-order valence-electron chi connectivity index (χ3n) is 1.22. The summed E-state index contributed by atoms with van der Waals surface area (Å²) < 4.78 is 0. The van der Waals surface area contributed by atoms with Gasteiger partial charge >= 0.3 is 0 Å². The van der Waals surface area contributed by atoms with E-state index in [0.717, 1.165) is 0 Å². The Kier molecular flexibility index (Phi) is 3.77. The number of nitrogens with two attached hydrogens (primary N) is 1. The molecule has 0 fully saturated rings. The number of hydrazine groups is 1. The summed E-state index contributed by atoms with van der Waals surface area (Å²) in [6.07, 6.45) is 0. The highest BCUT2D eigenvalue weighted by Crippen LogP contribution is 1.97. The summed E-state index contributed by atoms with van der Waals surface area (Å²) in [5.74, 6) is 5.47. The van der Waals surface area contributed by atoms with Gasteiger partial charge in [0.15, 0.2) is 0 Å². The summed E-state index contributed by atoms with van der Waals surface area (Å²) in [5.41, 5.74) is 2.50. The maximum atomic E-state index is 8.55. The van der Waals surface area contributed by atoms with Crippen molar-refractivity contribution in [1.82, 2.24) is 5.43 Å². The lowest BCUT2D eigenvalue weighted by atomic mass is 10.1. The van der Waals surface area contributed by atoms with Gasteiger partial charge in [0.05, 0.1) is 6.61 Å². The van der Waals surface area contributed by atoms with E-state index in [-0.39, 0.29) is 12.6 Å². The van der Waals surface area contributed by atoms with E-state index in [9.17, 15) is 0 Å². The van der Waals surface area contributed by atoms with E-state index in [4.69, 9.17) is 10.9 Å². The summed E-state index contributed by atoms with van der Waals surface area (Å²) in [5, 5.41) is 8.55. The number of hydrogen-bond donors (Lipinski definition) is 3. The molecular formula is C5H14N2O. The van der Waals surface area contributed by atoms with Crippen LogP contribution in [-0.2, 0) is 0 Å². The Balaban J connectivity index is 3.35. The van der Waals surface area contributed by atoms with Crippen LogP contribution in [-0.4, -0.2) is 17.8 Å². The van der Waals surface area contributed by atoms with Crippen molar-refractivity contribution in [3.63, 3.8) is 0 Å². The van der Waals surface area contributed by atoms with Crippen LogP contribution >= 0.6 is 0 Å². The number of hydrogen-bond acceptors (Lipinski definition) is 3. The molecule has 3 heteroatoms. The number of rotatable bonds is 3. The fourth-order valence-electron chi connectivity index (χ4n) is 0.456. The highest BCUT2D eigenvalue weighted by atomic mass is 16.3. The third kappa shape index (κ3) is 2.26. The highest BCUT2D eigenvalue weighted by Gasteiger charge is 2.07. The number of nitrogens with one attached hydrogen (secondary N) is 1. The Morgan fingerprint density at radius 3 is 2.12 bits per heavy atom. The van der Waals surface area contributed by atoms with Crippen molar-refractivity contribution in [1.29, 1.82) is 0 Å². The van der Waals surface area contributed by atoms with Crippen LogP contribution in [0.2, 0.25) is 0 Å². The van der Waals surface area contributed by atoms with E-state index in [0.29, 0.717) is 5.92 Å². The van der Waals surface area contributed by atoms with Gasteiger partial charge in [0, 0.05) is 6.04 Å². The zero-order valence-corrected chi connectivity index (χ0v) is 5.39. The average molecular weight is 118 g/mol. The molecule has 0 spiro atoms. The molecule has 0 aliphatic heterocycles. The van der Waals surface area contributed by atoms with Gasteiger partial charge in [-0.05, 0) is 5.92 Å². The predicted octanol–water partition coefficient (Wildman–Crippen LogP) is -0.533. The lowest BCUT2D eigenvalue weighted by molar-refractivity contribution is 0.212. The van der Waals surface area contributed by atoms with Crippen molar-refractivity contribution in [2.75, 3.05) is 6.61 Å². The van der Waals surface area contributed by atoms with E-state index >= 15 is 0 Å². The van der Waals surface area contributed by atoms with Crippen molar-refractivity contribution in [3.05, 3.63) is 0 Å². The van der Waals surface area contributed by atoms with Gasteiger partial charge in [-0.25, -0.2) is 0 Å². The molecule has 1 atom stereocenters. The van der Waals surface area contributed by atoms with E-state index in [2.05, 4.69) is 5.43 Å². The maximum absolute atomic E-state index is 8.55. The van der Waals surface area contributed by atoms with Gasteiger partial charge < -0.3 is 5.11 Å². The summed E-state index contributed by atoms with van der Waals surface area (Å²) in [4.78, 5) is 0. The Morgan fingerprint density at radius 2 is 2.12 bits per heavy atom. The molecule has 0 heterocycles. The minimum atomic E-state index is 0.0370. The zero-order valence-electron chi connectivity index (χ0n) is 5.39. The van der Waals surface area contributed by atoms with Crippen LogP contribution in [0, 0.1) is 5.92 Å². The molecular weight excluding hydrogens is 104 g/mol. The van der Waals surface area contributed by atoms with Crippen molar-refractivity contribution in [2.45, 2.75) is 19.9 Å². The average Bonchev–Trinajstić information content (AvgIpc) is 1.69. The summed E-state index contributed by atoms with van der Waals surface area (Å²) in [6, 6.07) is 0.0370. The van der Waals surface area contributed by atoms with Crippen LogP contribution in [0.25, 0.3) is 0 Å². The van der Waals surface area contributed by atoms with Crippen LogP contribution in [0.5, 0.6) is 0 Å². The number of aliphatic hydroxyl groups excluding tert-OH is 1. The molecule has 50 valence electrons. The van der Waals surface area contributed by atoms with Gasteiger partial charge in [0.1, 0.15) is 0 Å². The molecule has 3 nitrogen and oxygen atoms in total. The van der Waals surface area contributed by atoms with E-state index in [1.165, 1.54) is 0 Å². The lowest BCUT2D eigenvalue weighted by Crippen LogP contribution is -2.41. The summed E-state index contributed by atoms with van der Waals surface area (Å²) >= 11 is 0. The second kappa shape index (κ2) is 3.83. The molecule has 0 aromatic carbocycles. The molecule has 0 saturated carbocycles. The fourth-order valence-corrected chi connectivity index (χ4v) is 0.456. The smallest absolute Gasteiger partial charge is 0.0600 e. The minimum absolute atomic E-state index is 0.0370. The Labute approximate surface area is 49.9 Å². The molecule has 0 aromatic rings. The van der Waals surface area contributed by atoms with Crippen molar-refractivity contribution in [2.24, 2.45) is 11.8 Å². The van der Waals surface area contributed by atoms with Gasteiger partial charge in [0.2, 0.25) is 0 Å². The van der Waals surface area contributed by atoms with Crippen molar-refractivity contribution >= 4 is 0 Å². The predicted molar refractivity (Wildman–Crippen MR) is 33.0 cm³/mol. The summed E-state index contributed by atoms with van der Waals surface area (Å²) in [7, 11) is 0.